The summed E-state index contributed by atoms with van der Waals surface area (Å²) in [5.41, 5.74) is 2.36. The molecule has 2 N–H and O–H groups in total. The van der Waals surface area contributed by atoms with Crippen molar-refractivity contribution in [3.63, 3.8) is 0 Å². The van der Waals surface area contributed by atoms with Gasteiger partial charge in [0.15, 0.2) is 0 Å². The Balaban J connectivity index is 1.32. The van der Waals surface area contributed by atoms with E-state index in [1.54, 1.807) is 24.3 Å². The molecular formula is C21H22N2O3. The Morgan fingerprint density at radius 1 is 1.15 bits per heavy atom. The van der Waals surface area contributed by atoms with Gasteiger partial charge in [0.05, 0.1) is 6.54 Å². The van der Waals surface area contributed by atoms with Gasteiger partial charge in [-0.3, -0.25) is 9.59 Å². The van der Waals surface area contributed by atoms with E-state index in [0.717, 1.165) is 18.6 Å². The van der Waals surface area contributed by atoms with Crippen molar-refractivity contribution >= 4 is 17.5 Å². The molecule has 2 aromatic carbocycles. The van der Waals surface area contributed by atoms with Crippen molar-refractivity contribution in [2.75, 3.05) is 11.9 Å². The predicted octanol–water partition coefficient (Wildman–Crippen LogP) is 3.01. The summed E-state index contributed by atoms with van der Waals surface area (Å²) in [6.45, 7) is 2.52. The zero-order valence-corrected chi connectivity index (χ0v) is 14.7. The quantitative estimate of drug-likeness (QED) is 0.871. The minimum atomic E-state index is -0.166. The second kappa shape index (κ2) is 6.83. The highest BCUT2D eigenvalue weighted by Crippen LogP contribution is 2.38. The number of carbonyl (C=O) groups excluding carboxylic acids is 2. The van der Waals surface area contributed by atoms with E-state index in [0.29, 0.717) is 23.7 Å². The second-order valence-corrected chi connectivity index (χ2v) is 7.15. The van der Waals surface area contributed by atoms with E-state index in [2.05, 4.69) is 17.6 Å². The number of anilines is 1. The maximum Gasteiger partial charge on any atom is 0.251 e. The Labute approximate surface area is 152 Å². The van der Waals surface area contributed by atoms with E-state index in [-0.39, 0.29) is 23.8 Å². The van der Waals surface area contributed by atoms with E-state index >= 15 is 0 Å². The van der Waals surface area contributed by atoms with Crippen LogP contribution in [0.5, 0.6) is 5.75 Å². The Morgan fingerprint density at radius 3 is 2.73 bits per heavy atom. The molecule has 4 rings (SSSR count). The summed E-state index contributed by atoms with van der Waals surface area (Å²) in [5, 5.41) is 5.82. The van der Waals surface area contributed by atoms with Crippen LogP contribution < -0.4 is 15.4 Å². The number of hydrogen-bond acceptors (Lipinski definition) is 3. The van der Waals surface area contributed by atoms with Gasteiger partial charge < -0.3 is 15.4 Å². The lowest BCUT2D eigenvalue weighted by Gasteiger charge is -2.12. The van der Waals surface area contributed by atoms with Gasteiger partial charge in [0.1, 0.15) is 11.9 Å². The first-order valence-corrected chi connectivity index (χ1v) is 9.04. The van der Waals surface area contributed by atoms with Gasteiger partial charge in [0.25, 0.3) is 5.91 Å². The maximum atomic E-state index is 12.4. The number of amides is 2. The molecule has 1 saturated carbocycles. The van der Waals surface area contributed by atoms with Crippen LogP contribution in [0.25, 0.3) is 0 Å². The molecule has 0 unspecified atom stereocenters. The van der Waals surface area contributed by atoms with Crippen LogP contribution in [0, 0.1) is 11.8 Å². The van der Waals surface area contributed by atoms with Gasteiger partial charge in [0.2, 0.25) is 5.91 Å². The fourth-order valence-electron chi connectivity index (χ4n) is 3.34. The Bertz CT molecular complexity index is 824. The van der Waals surface area contributed by atoms with Gasteiger partial charge in [-0.25, -0.2) is 0 Å². The summed E-state index contributed by atoms with van der Waals surface area (Å²) in [5.74, 6) is 1.32. The minimum absolute atomic E-state index is 0.0344. The zero-order chi connectivity index (χ0) is 18.1. The van der Waals surface area contributed by atoms with Gasteiger partial charge in [-0.2, -0.15) is 0 Å². The van der Waals surface area contributed by atoms with Gasteiger partial charge in [0, 0.05) is 23.6 Å². The number of benzene rings is 2. The van der Waals surface area contributed by atoms with Crippen molar-refractivity contribution in [2.24, 2.45) is 11.8 Å². The highest BCUT2D eigenvalue weighted by atomic mass is 16.5. The number of para-hydroxylation sites is 1. The maximum absolute atomic E-state index is 12.4. The van der Waals surface area contributed by atoms with Crippen molar-refractivity contribution in [3.8, 4) is 5.75 Å². The average molecular weight is 350 g/mol. The first kappa shape index (κ1) is 16.6. The molecule has 0 saturated heterocycles. The molecule has 0 spiro atoms. The first-order valence-electron chi connectivity index (χ1n) is 9.04. The molecule has 2 amide bonds. The molecule has 5 heteroatoms. The fourth-order valence-corrected chi connectivity index (χ4v) is 3.34. The molecule has 26 heavy (non-hydrogen) atoms. The molecule has 0 bridgehead atoms. The Hall–Kier alpha value is -2.82. The summed E-state index contributed by atoms with van der Waals surface area (Å²) in [7, 11) is 0. The van der Waals surface area contributed by atoms with Crippen LogP contribution in [0.2, 0.25) is 0 Å². The molecule has 2 aliphatic rings. The average Bonchev–Trinajstić information content (AvgIpc) is 3.23. The third kappa shape index (κ3) is 3.57. The summed E-state index contributed by atoms with van der Waals surface area (Å²) < 4.78 is 5.84. The summed E-state index contributed by atoms with van der Waals surface area (Å²) >= 11 is 0. The monoisotopic (exact) mass is 350 g/mol. The van der Waals surface area contributed by atoms with Gasteiger partial charge in [-0.05, 0) is 42.2 Å². The lowest BCUT2D eigenvalue weighted by molar-refractivity contribution is -0.117. The van der Waals surface area contributed by atoms with Crippen LogP contribution in [-0.4, -0.2) is 24.5 Å². The number of ether oxygens (including phenoxy) is 1. The Kier molecular flexibility index (Phi) is 4.37. The summed E-state index contributed by atoms with van der Waals surface area (Å²) in [6, 6.07) is 15.0. The minimum Gasteiger partial charge on any atom is -0.488 e. The summed E-state index contributed by atoms with van der Waals surface area (Å²) in [4.78, 5) is 24.5. The lowest BCUT2D eigenvalue weighted by Crippen LogP contribution is -2.34. The van der Waals surface area contributed by atoms with Crippen LogP contribution in [-0.2, 0) is 11.2 Å². The van der Waals surface area contributed by atoms with Crippen molar-refractivity contribution in [1.29, 1.82) is 0 Å². The third-order valence-corrected chi connectivity index (χ3v) is 5.04. The molecule has 0 aromatic heterocycles. The van der Waals surface area contributed by atoms with Crippen LogP contribution >= 0.6 is 0 Å². The van der Waals surface area contributed by atoms with Gasteiger partial charge in [-0.15, -0.1) is 0 Å². The lowest BCUT2D eigenvalue weighted by atomic mass is 10.1. The fraction of sp³-hybridized carbons (Fsp3) is 0.333. The van der Waals surface area contributed by atoms with E-state index in [1.165, 1.54) is 5.56 Å². The van der Waals surface area contributed by atoms with E-state index in [4.69, 9.17) is 4.74 Å². The van der Waals surface area contributed by atoms with Crippen LogP contribution in [0.3, 0.4) is 0 Å². The number of fused-ring (bicyclic) bond motifs is 1. The summed E-state index contributed by atoms with van der Waals surface area (Å²) in [6.07, 6.45) is 1.69. The molecule has 1 aliphatic heterocycles. The third-order valence-electron chi connectivity index (χ3n) is 5.04. The van der Waals surface area contributed by atoms with Crippen molar-refractivity contribution < 1.29 is 14.3 Å². The molecule has 134 valence electrons. The predicted molar refractivity (Wildman–Crippen MR) is 99.2 cm³/mol. The van der Waals surface area contributed by atoms with E-state index < -0.39 is 0 Å². The smallest absolute Gasteiger partial charge is 0.251 e. The molecule has 1 heterocycles. The van der Waals surface area contributed by atoms with E-state index in [9.17, 15) is 9.59 Å². The molecular weight excluding hydrogens is 328 g/mol. The Morgan fingerprint density at radius 2 is 1.96 bits per heavy atom. The normalized spacial score (nSPS) is 22.9. The molecule has 0 radical (unpaired) electrons. The number of rotatable bonds is 5. The standard InChI is InChI=1S/C21H22N2O3/c1-13-9-18(13)21(25)23-16-7-4-6-15(10-16)20(24)22-12-17-11-14-5-2-3-8-19(14)26-17/h2-8,10,13,17-18H,9,11-12H2,1H3,(H,22,24)(H,23,25)/t13-,17+,18-/m1/s1. The molecule has 1 fully saturated rings. The van der Waals surface area contributed by atoms with Crippen molar-refractivity contribution in [3.05, 3.63) is 59.7 Å². The highest BCUT2D eigenvalue weighted by molar-refractivity contribution is 5.98. The van der Waals surface area contributed by atoms with E-state index in [1.807, 2.05) is 24.3 Å². The number of hydrogen-bond donors (Lipinski definition) is 2. The van der Waals surface area contributed by atoms with Crippen LogP contribution in [0.1, 0.15) is 29.3 Å². The van der Waals surface area contributed by atoms with Gasteiger partial charge >= 0.3 is 0 Å². The van der Waals surface area contributed by atoms with Crippen molar-refractivity contribution in [2.45, 2.75) is 25.9 Å². The topological polar surface area (TPSA) is 67.4 Å². The molecule has 5 nitrogen and oxygen atoms in total. The largest absolute Gasteiger partial charge is 0.488 e. The van der Waals surface area contributed by atoms with Gasteiger partial charge in [-0.1, -0.05) is 31.2 Å². The second-order valence-electron chi connectivity index (χ2n) is 7.15. The number of carbonyl (C=O) groups is 2. The van der Waals surface area contributed by atoms with Crippen molar-refractivity contribution in [1.82, 2.24) is 5.32 Å². The molecule has 2 aromatic rings. The SMILES string of the molecule is C[C@@H]1C[C@H]1C(=O)Nc1cccc(C(=O)NC[C@@H]2Cc3ccccc3O2)c1. The molecule has 1 aliphatic carbocycles. The zero-order valence-electron chi connectivity index (χ0n) is 14.7. The van der Waals surface area contributed by atoms with Crippen LogP contribution in [0.4, 0.5) is 5.69 Å². The first-order chi connectivity index (χ1) is 12.6. The molecule has 3 atom stereocenters. The number of nitrogens with one attached hydrogen (secondary N) is 2. The highest BCUT2D eigenvalue weighted by Gasteiger charge is 2.39. The van der Waals surface area contributed by atoms with Crippen LogP contribution in [0.15, 0.2) is 48.5 Å².